The first-order valence-corrected chi connectivity index (χ1v) is 13.9. The van der Waals surface area contributed by atoms with Gasteiger partial charge in [0.2, 0.25) is 17.7 Å². The van der Waals surface area contributed by atoms with Crippen molar-refractivity contribution in [1.82, 2.24) is 25.1 Å². The number of hydrogen-bond donors (Lipinski definition) is 3. The second-order valence-corrected chi connectivity index (χ2v) is 10.6. The number of rotatable bonds is 8. The monoisotopic (exact) mass is 515 g/mol. The van der Waals surface area contributed by atoms with Gasteiger partial charge in [0.1, 0.15) is 5.69 Å². The second kappa shape index (κ2) is 12.3. The zero-order valence-corrected chi connectivity index (χ0v) is 21.8. The molecule has 1 amide bonds. The number of carbonyl (C=O) groups excluding carboxylic acids is 2. The normalized spacial score (nSPS) is 17.7. The number of nitrogens with two attached hydrogens (primary N) is 1. The number of carbonyl (C=O) groups is 2. The van der Waals surface area contributed by atoms with Gasteiger partial charge in [0.05, 0.1) is 6.04 Å². The van der Waals surface area contributed by atoms with Crippen LogP contribution in [-0.2, 0) is 4.79 Å². The van der Waals surface area contributed by atoms with E-state index in [1.165, 1.54) is 51.4 Å². The Hall–Kier alpha value is -3.59. The summed E-state index contributed by atoms with van der Waals surface area (Å²) in [5.74, 6) is 0.479. The number of benzene rings is 1. The minimum Gasteiger partial charge on any atom is -0.368 e. The van der Waals surface area contributed by atoms with Gasteiger partial charge in [-0.25, -0.2) is 0 Å². The molecule has 0 saturated heterocycles. The van der Waals surface area contributed by atoms with Gasteiger partial charge in [-0.05, 0) is 61.6 Å². The van der Waals surface area contributed by atoms with E-state index in [1.807, 2.05) is 6.07 Å². The number of nitrogens with zero attached hydrogens (tertiary/aromatic N) is 4. The summed E-state index contributed by atoms with van der Waals surface area (Å²) < 4.78 is 1.08. The third-order valence-corrected chi connectivity index (χ3v) is 7.77. The first kappa shape index (κ1) is 26.0. The van der Waals surface area contributed by atoms with Crippen LogP contribution in [0.25, 0.3) is 11.5 Å². The first-order chi connectivity index (χ1) is 18.6. The molecule has 2 aliphatic rings. The molecule has 2 aromatic heterocycles. The molecule has 4 N–H and O–H groups in total. The number of hydrogen-bond acceptors (Lipinski definition) is 7. The van der Waals surface area contributed by atoms with Crippen molar-refractivity contribution in [3.63, 3.8) is 0 Å². The predicted molar refractivity (Wildman–Crippen MR) is 147 cm³/mol. The lowest BCUT2D eigenvalue weighted by molar-refractivity contribution is -0.119. The Morgan fingerprint density at radius 1 is 0.947 bits per heavy atom. The highest BCUT2D eigenvalue weighted by Crippen LogP contribution is 2.29. The third-order valence-electron chi connectivity index (χ3n) is 7.77. The molecular formula is C29H37N7O2. The summed E-state index contributed by atoms with van der Waals surface area (Å²) in [6.07, 6.45) is 14.8. The predicted octanol–water partition coefficient (Wildman–Crippen LogP) is 4.81. The Morgan fingerprint density at radius 3 is 2.34 bits per heavy atom. The fraction of sp³-hybridized carbons (Fsp3) is 0.483. The van der Waals surface area contributed by atoms with Crippen LogP contribution in [0.2, 0.25) is 0 Å². The van der Waals surface area contributed by atoms with Crippen molar-refractivity contribution in [2.45, 2.75) is 82.7 Å². The summed E-state index contributed by atoms with van der Waals surface area (Å²) in [4.78, 5) is 34.8. The Bertz CT molecular complexity index is 1190. The van der Waals surface area contributed by atoms with Gasteiger partial charge in [0, 0.05) is 23.5 Å². The van der Waals surface area contributed by atoms with Crippen LogP contribution in [0.4, 0.5) is 11.6 Å². The minimum atomic E-state index is -0.399. The van der Waals surface area contributed by atoms with E-state index in [9.17, 15) is 9.59 Å². The van der Waals surface area contributed by atoms with Crippen molar-refractivity contribution in [2.75, 3.05) is 11.1 Å². The summed E-state index contributed by atoms with van der Waals surface area (Å²) in [7, 11) is 0. The Kier molecular flexibility index (Phi) is 8.43. The molecule has 0 spiro atoms. The molecule has 3 aromatic rings. The highest BCUT2D eigenvalue weighted by atomic mass is 16.2. The van der Waals surface area contributed by atoms with Gasteiger partial charge in [-0.3, -0.25) is 14.6 Å². The third kappa shape index (κ3) is 6.45. The number of anilines is 2. The van der Waals surface area contributed by atoms with Gasteiger partial charge in [-0.15, -0.1) is 5.10 Å². The van der Waals surface area contributed by atoms with Crippen molar-refractivity contribution in [2.24, 2.45) is 5.92 Å². The van der Waals surface area contributed by atoms with Gasteiger partial charge >= 0.3 is 0 Å². The molecule has 0 radical (unpaired) electrons. The van der Waals surface area contributed by atoms with Gasteiger partial charge in [-0.2, -0.15) is 9.67 Å². The molecule has 2 fully saturated rings. The number of nitrogens with one attached hydrogen (secondary N) is 2. The van der Waals surface area contributed by atoms with Crippen LogP contribution in [0.1, 0.15) is 81.0 Å². The largest absolute Gasteiger partial charge is 0.368 e. The molecule has 2 saturated carbocycles. The number of nitrogen functional groups attached to an aromatic ring is 1. The summed E-state index contributed by atoms with van der Waals surface area (Å²) in [5.41, 5.74) is 7.57. The topological polar surface area (TPSA) is 128 Å². The maximum atomic E-state index is 13.4. The molecule has 1 atom stereocenters. The summed E-state index contributed by atoms with van der Waals surface area (Å²) in [6.45, 7) is 0. The van der Waals surface area contributed by atoms with E-state index >= 15 is 0 Å². The maximum absolute atomic E-state index is 13.4. The number of amides is 1. The minimum absolute atomic E-state index is 0.000692. The zero-order chi connectivity index (χ0) is 26.3. The average Bonchev–Trinajstić information content (AvgIpc) is 3.36. The molecule has 9 heteroatoms. The molecule has 2 aliphatic carbocycles. The molecule has 38 heavy (non-hydrogen) atoms. The van der Waals surface area contributed by atoms with Crippen molar-refractivity contribution in [3.8, 4) is 11.5 Å². The van der Waals surface area contributed by atoms with Crippen LogP contribution >= 0.6 is 0 Å². The fourth-order valence-corrected chi connectivity index (χ4v) is 5.69. The molecule has 9 nitrogen and oxygen atoms in total. The summed E-state index contributed by atoms with van der Waals surface area (Å²) >= 11 is 0. The zero-order valence-electron chi connectivity index (χ0n) is 21.8. The van der Waals surface area contributed by atoms with Crippen LogP contribution in [0.5, 0.6) is 0 Å². The molecule has 1 aromatic carbocycles. The lowest BCUT2D eigenvalue weighted by Crippen LogP contribution is -2.47. The smallest absolute Gasteiger partial charge is 0.281 e. The molecular weight excluding hydrogens is 478 g/mol. The fourth-order valence-electron chi connectivity index (χ4n) is 5.69. The van der Waals surface area contributed by atoms with Crippen LogP contribution in [0.15, 0.2) is 48.7 Å². The molecule has 0 aliphatic heterocycles. The van der Waals surface area contributed by atoms with Gasteiger partial charge in [0.15, 0.2) is 0 Å². The summed E-state index contributed by atoms with van der Waals surface area (Å²) in [6, 6.07) is 12.4. The van der Waals surface area contributed by atoms with Crippen molar-refractivity contribution >= 4 is 23.5 Å². The van der Waals surface area contributed by atoms with Crippen LogP contribution in [0.3, 0.4) is 0 Å². The molecule has 1 unspecified atom stereocenters. The van der Waals surface area contributed by atoms with Crippen LogP contribution in [-0.4, -0.2) is 43.6 Å². The van der Waals surface area contributed by atoms with Crippen LogP contribution in [0, 0.1) is 5.92 Å². The molecule has 2 heterocycles. The van der Waals surface area contributed by atoms with E-state index in [-0.39, 0.29) is 23.7 Å². The van der Waals surface area contributed by atoms with E-state index < -0.39 is 5.91 Å². The SMILES string of the molecule is Nc1nc(-c2ccccn2)nn1C(=O)c1ccc(NC(=O)C(CC2CCCCC2)NC2CCCCC2)cc1. The number of pyridine rings is 1. The van der Waals surface area contributed by atoms with E-state index in [2.05, 4.69) is 25.7 Å². The second-order valence-electron chi connectivity index (χ2n) is 10.6. The molecule has 0 bridgehead atoms. The number of aromatic nitrogens is 4. The van der Waals surface area contributed by atoms with Gasteiger partial charge in [0.25, 0.3) is 5.91 Å². The first-order valence-electron chi connectivity index (χ1n) is 13.9. The quantitative estimate of drug-likeness (QED) is 0.393. The highest BCUT2D eigenvalue weighted by molar-refractivity contribution is 5.98. The van der Waals surface area contributed by atoms with Gasteiger partial charge < -0.3 is 16.4 Å². The van der Waals surface area contributed by atoms with E-state index in [1.54, 1.807) is 42.6 Å². The summed E-state index contributed by atoms with van der Waals surface area (Å²) in [5, 5.41) is 11.0. The average molecular weight is 516 g/mol. The Balaban J connectivity index is 1.25. The molecule has 5 rings (SSSR count). The standard InChI is InChI=1S/C29H37N7O2/c30-29-34-26(24-13-7-8-18-31-24)35-36(29)28(38)21-14-16-23(17-15-21)33-27(37)25(19-20-9-3-1-4-10-20)32-22-11-5-2-6-12-22/h7-8,13-18,20,22,25,32H,1-6,9-12,19H2,(H,33,37)(H2,30,34,35). The van der Waals surface area contributed by atoms with Crippen molar-refractivity contribution in [3.05, 3.63) is 54.2 Å². The maximum Gasteiger partial charge on any atom is 0.281 e. The Morgan fingerprint density at radius 2 is 1.66 bits per heavy atom. The van der Waals surface area contributed by atoms with E-state index in [0.29, 0.717) is 28.9 Å². The van der Waals surface area contributed by atoms with Crippen LogP contribution < -0.4 is 16.4 Å². The van der Waals surface area contributed by atoms with Crippen molar-refractivity contribution < 1.29 is 9.59 Å². The van der Waals surface area contributed by atoms with E-state index in [4.69, 9.17) is 5.73 Å². The highest BCUT2D eigenvalue weighted by Gasteiger charge is 2.27. The molecule has 200 valence electrons. The van der Waals surface area contributed by atoms with Gasteiger partial charge in [-0.1, -0.05) is 57.4 Å². The lowest BCUT2D eigenvalue weighted by atomic mass is 9.84. The lowest BCUT2D eigenvalue weighted by Gasteiger charge is -2.31. The van der Waals surface area contributed by atoms with Crippen molar-refractivity contribution in [1.29, 1.82) is 0 Å². The van der Waals surface area contributed by atoms with E-state index in [0.717, 1.165) is 23.9 Å². The Labute approximate surface area is 223 Å².